The van der Waals surface area contributed by atoms with Gasteiger partial charge in [-0.3, -0.25) is 4.90 Å². The zero-order chi connectivity index (χ0) is 15.1. The van der Waals surface area contributed by atoms with E-state index in [0.29, 0.717) is 12.2 Å². The van der Waals surface area contributed by atoms with Crippen LogP contribution in [0.1, 0.15) is 25.3 Å². The van der Waals surface area contributed by atoms with E-state index in [1.54, 1.807) is 7.11 Å². The lowest BCUT2D eigenvalue weighted by Crippen LogP contribution is -2.31. The van der Waals surface area contributed by atoms with Crippen LogP contribution in [0.3, 0.4) is 0 Å². The Balaban J connectivity index is 1.73. The van der Waals surface area contributed by atoms with E-state index in [2.05, 4.69) is 36.3 Å². The molecule has 2 atom stereocenters. The van der Waals surface area contributed by atoms with Gasteiger partial charge < -0.3 is 14.8 Å². The molecule has 1 fully saturated rings. The van der Waals surface area contributed by atoms with Crippen molar-refractivity contribution in [2.45, 2.75) is 38.5 Å². The largest absolute Gasteiger partial charge is 0.497 e. The smallest absolute Gasteiger partial charge is 0.118 e. The number of methoxy groups -OCH3 is 1. The Labute approximate surface area is 128 Å². The molecule has 1 heterocycles. The molecule has 118 valence electrons. The van der Waals surface area contributed by atoms with Gasteiger partial charge in [-0.2, -0.15) is 0 Å². The number of nitrogens with one attached hydrogen (secondary N) is 1. The summed E-state index contributed by atoms with van der Waals surface area (Å²) < 4.78 is 11.3. The summed E-state index contributed by atoms with van der Waals surface area (Å²) in [7, 11) is 3.85. The summed E-state index contributed by atoms with van der Waals surface area (Å²) in [4.78, 5) is 2.34. The average molecular weight is 292 g/mol. The van der Waals surface area contributed by atoms with Crippen LogP contribution in [0.4, 0.5) is 0 Å². The maximum Gasteiger partial charge on any atom is 0.118 e. The van der Waals surface area contributed by atoms with Crippen LogP contribution in [0.15, 0.2) is 24.3 Å². The van der Waals surface area contributed by atoms with E-state index in [4.69, 9.17) is 9.47 Å². The minimum Gasteiger partial charge on any atom is -0.497 e. The first-order valence-corrected chi connectivity index (χ1v) is 7.89. The highest BCUT2D eigenvalue weighted by atomic mass is 16.5. The zero-order valence-electron chi connectivity index (χ0n) is 13.5. The molecule has 1 aromatic carbocycles. The molecule has 0 aliphatic carbocycles. The summed E-state index contributed by atoms with van der Waals surface area (Å²) in [6.07, 6.45) is 3.11. The molecular formula is C17H28N2O2. The predicted octanol–water partition coefficient (Wildman–Crippen LogP) is 2.28. The highest BCUT2D eigenvalue weighted by Gasteiger charge is 2.25. The molecule has 0 saturated carbocycles. The molecule has 1 N–H and O–H groups in total. The first-order chi connectivity index (χ1) is 10.2. The predicted molar refractivity (Wildman–Crippen MR) is 85.8 cm³/mol. The number of ether oxygens (including phenoxy) is 2. The van der Waals surface area contributed by atoms with Crippen molar-refractivity contribution in [3.63, 3.8) is 0 Å². The highest BCUT2D eigenvalue weighted by Crippen LogP contribution is 2.20. The van der Waals surface area contributed by atoms with Crippen molar-refractivity contribution in [2.24, 2.45) is 0 Å². The molecule has 21 heavy (non-hydrogen) atoms. The molecule has 2 unspecified atom stereocenters. The molecule has 1 saturated heterocycles. The van der Waals surface area contributed by atoms with Crippen molar-refractivity contribution in [3.8, 4) is 5.75 Å². The van der Waals surface area contributed by atoms with Crippen molar-refractivity contribution in [1.82, 2.24) is 10.2 Å². The summed E-state index contributed by atoms with van der Waals surface area (Å²) in [5, 5.41) is 3.36. The summed E-state index contributed by atoms with van der Waals surface area (Å²) >= 11 is 0. The van der Waals surface area contributed by atoms with Crippen LogP contribution in [0, 0.1) is 0 Å². The van der Waals surface area contributed by atoms with Gasteiger partial charge in [0, 0.05) is 19.6 Å². The van der Waals surface area contributed by atoms with Crippen molar-refractivity contribution < 1.29 is 9.47 Å². The second-order valence-corrected chi connectivity index (χ2v) is 5.81. The van der Waals surface area contributed by atoms with Crippen LogP contribution in [0.2, 0.25) is 0 Å². The first-order valence-electron chi connectivity index (χ1n) is 7.89. The monoisotopic (exact) mass is 292 g/mol. The summed E-state index contributed by atoms with van der Waals surface area (Å²) in [6.45, 7) is 6.07. The maximum absolute atomic E-state index is 6.08. The molecule has 0 aromatic heterocycles. The van der Waals surface area contributed by atoms with Gasteiger partial charge >= 0.3 is 0 Å². The Hall–Kier alpha value is -1.10. The number of nitrogens with zero attached hydrogens (tertiary/aromatic N) is 1. The Morgan fingerprint density at radius 1 is 1.24 bits per heavy atom. The van der Waals surface area contributed by atoms with Gasteiger partial charge in [0.15, 0.2) is 0 Å². The van der Waals surface area contributed by atoms with Gasteiger partial charge in [-0.1, -0.05) is 19.1 Å². The van der Waals surface area contributed by atoms with Crippen LogP contribution < -0.4 is 10.1 Å². The molecule has 0 bridgehead atoms. The zero-order valence-corrected chi connectivity index (χ0v) is 13.5. The standard InChI is InChI=1S/C17H28N2O2/c1-4-18-11-16-9-10-17(21-16)13-19(2)12-14-5-7-15(20-3)8-6-14/h5-8,16-18H,4,9-13H2,1-3H3. The fourth-order valence-corrected chi connectivity index (χ4v) is 2.82. The topological polar surface area (TPSA) is 33.7 Å². The molecule has 0 radical (unpaired) electrons. The van der Waals surface area contributed by atoms with E-state index in [9.17, 15) is 0 Å². The minimum absolute atomic E-state index is 0.372. The Kier molecular flexibility index (Phi) is 6.49. The molecule has 4 nitrogen and oxygen atoms in total. The number of rotatable bonds is 8. The number of likely N-dealkylation sites (N-methyl/N-ethyl adjacent to an activating group) is 2. The third-order valence-electron chi connectivity index (χ3n) is 3.94. The number of benzene rings is 1. The summed E-state index contributed by atoms with van der Waals surface area (Å²) in [5.74, 6) is 0.909. The van der Waals surface area contributed by atoms with Crippen LogP contribution in [-0.4, -0.2) is 50.9 Å². The lowest BCUT2D eigenvalue weighted by molar-refractivity contribution is 0.0270. The average Bonchev–Trinajstić information content (AvgIpc) is 2.93. The van der Waals surface area contributed by atoms with Crippen LogP contribution in [0.5, 0.6) is 5.75 Å². The SMILES string of the molecule is CCNCC1CCC(CN(C)Cc2ccc(OC)cc2)O1. The molecule has 0 spiro atoms. The van der Waals surface area contributed by atoms with Crippen molar-refractivity contribution in [1.29, 1.82) is 0 Å². The highest BCUT2D eigenvalue weighted by molar-refractivity contribution is 5.27. The quantitative estimate of drug-likeness (QED) is 0.797. The Morgan fingerprint density at radius 2 is 1.95 bits per heavy atom. The molecule has 1 aliphatic heterocycles. The van der Waals surface area contributed by atoms with Crippen molar-refractivity contribution in [3.05, 3.63) is 29.8 Å². The van der Waals surface area contributed by atoms with Crippen LogP contribution >= 0.6 is 0 Å². The van der Waals surface area contributed by atoms with Gasteiger partial charge in [-0.15, -0.1) is 0 Å². The van der Waals surface area contributed by atoms with E-state index in [1.165, 1.54) is 18.4 Å². The Bertz CT molecular complexity index is 408. The minimum atomic E-state index is 0.372. The summed E-state index contributed by atoms with van der Waals surface area (Å²) in [5.41, 5.74) is 1.31. The summed E-state index contributed by atoms with van der Waals surface area (Å²) in [6, 6.07) is 8.28. The van der Waals surface area contributed by atoms with E-state index < -0.39 is 0 Å². The van der Waals surface area contributed by atoms with E-state index in [1.807, 2.05) is 12.1 Å². The van der Waals surface area contributed by atoms with Crippen LogP contribution in [0.25, 0.3) is 0 Å². The molecule has 1 aromatic rings. The fraction of sp³-hybridized carbons (Fsp3) is 0.647. The third kappa shape index (κ3) is 5.30. The van der Waals surface area contributed by atoms with E-state index in [0.717, 1.165) is 31.9 Å². The van der Waals surface area contributed by atoms with Crippen LogP contribution in [-0.2, 0) is 11.3 Å². The fourth-order valence-electron chi connectivity index (χ4n) is 2.82. The second kappa shape index (κ2) is 8.37. The van der Waals surface area contributed by atoms with Gasteiger partial charge in [0.1, 0.15) is 5.75 Å². The molecule has 0 amide bonds. The van der Waals surface area contributed by atoms with Gasteiger partial charge in [0.2, 0.25) is 0 Å². The number of hydrogen-bond acceptors (Lipinski definition) is 4. The van der Waals surface area contributed by atoms with Crippen molar-refractivity contribution in [2.75, 3.05) is 33.8 Å². The molecule has 2 rings (SSSR count). The lowest BCUT2D eigenvalue weighted by atomic mass is 10.1. The first kappa shape index (κ1) is 16.3. The second-order valence-electron chi connectivity index (χ2n) is 5.81. The molecule has 4 heteroatoms. The van der Waals surface area contributed by atoms with E-state index in [-0.39, 0.29) is 0 Å². The van der Waals surface area contributed by atoms with Gasteiger partial charge in [-0.05, 0) is 44.1 Å². The van der Waals surface area contributed by atoms with Gasteiger partial charge in [0.05, 0.1) is 19.3 Å². The lowest BCUT2D eigenvalue weighted by Gasteiger charge is -2.21. The third-order valence-corrected chi connectivity index (χ3v) is 3.94. The van der Waals surface area contributed by atoms with Gasteiger partial charge in [-0.25, -0.2) is 0 Å². The van der Waals surface area contributed by atoms with Crippen molar-refractivity contribution >= 4 is 0 Å². The molecule has 1 aliphatic rings. The van der Waals surface area contributed by atoms with E-state index >= 15 is 0 Å². The molecular weight excluding hydrogens is 264 g/mol. The maximum atomic E-state index is 6.08. The van der Waals surface area contributed by atoms with Gasteiger partial charge in [0.25, 0.3) is 0 Å². The normalized spacial score (nSPS) is 21.9. The Morgan fingerprint density at radius 3 is 2.62 bits per heavy atom. The number of hydrogen-bond donors (Lipinski definition) is 1.